The van der Waals surface area contributed by atoms with Gasteiger partial charge in [-0.2, -0.15) is 0 Å². The Morgan fingerprint density at radius 1 is 1.30 bits per heavy atom. The molecule has 1 aliphatic rings. The molecule has 0 bridgehead atoms. The Labute approximate surface area is 116 Å². The summed E-state index contributed by atoms with van der Waals surface area (Å²) in [7, 11) is 1.42. The summed E-state index contributed by atoms with van der Waals surface area (Å²) in [5.41, 5.74) is 0.179. The van der Waals surface area contributed by atoms with Crippen molar-refractivity contribution in [2.75, 3.05) is 20.2 Å². The van der Waals surface area contributed by atoms with Crippen LogP contribution < -0.4 is 4.74 Å². The Morgan fingerprint density at radius 3 is 2.50 bits per heavy atom. The van der Waals surface area contributed by atoms with Crippen LogP contribution in [0, 0.1) is 5.92 Å². The van der Waals surface area contributed by atoms with Crippen LogP contribution in [0.4, 0.5) is 0 Å². The molecule has 1 aliphatic heterocycles. The molecule has 1 amide bonds. The van der Waals surface area contributed by atoms with Gasteiger partial charge in [-0.15, -0.1) is 0 Å². The molecule has 1 heterocycles. The average molecular weight is 279 g/mol. The minimum absolute atomic E-state index is 0.179. The number of carbonyl (C=O) groups is 2. The third kappa shape index (κ3) is 2.68. The first-order chi connectivity index (χ1) is 9.54. The van der Waals surface area contributed by atoms with Crippen LogP contribution in [0.3, 0.4) is 0 Å². The van der Waals surface area contributed by atoms with E-state index in [1.807, 2.05) is 0 Å². The van der Waals surface area contributed by atoms with E-state index < -0.39 is 11.9 Å². The molecule has 0 saturated carbocycles. The third-order valence-corrected chi connectivity index (χ3v) is 3.58. The Bertz CT molecular complexity index is 520. The normalized spacial score (nSPS) is 15.9. The van der Waals surface area contributed by atoms with Crippen LogP contribution in [0.5, 0.6) is 11.5 Å². The van der Waals surface area contributed by atoms with Crippen molar-refractivity contribution in [3.8, 4) is 11.5 Å². The number of carboxylic acid groups (broad SMARTS) is 1. The van der Waals surface area contributed by atoms with Gasteiger partial charge in [0.1, 0.15) is 0 Å². The second-order valence-electron chi connectivity index (χ2n) is 4.76. The first-order valence-electron chi connectivity index (χ1n) is 6.42. The van der Waals surface area contributed by atoms with Gasteiger partial charge >= 0.3 is 5.97 Å². The zero-order chi connectivity index (χ0) is 14.7. The van der Waals surface area contributed by atoms with Crippen LogP contribution >= 0.6 is 0 Å². The zero-order valence-electron chi connectivity index (χ0n) is 11.2. The zero-order valence-corrected chi connectivity index (χ0v) is 11.2. The van der Waals surface area contributed by atoms with E-state index in [-0.39, 0.29) is 23.0 Å². The number of nitrogens with zero attached hydrogens (tertiary/aromatic N) is 1. The molecule has 2 rings (SSSR count). The maximum atomic E-state index is 12.3. The van der Waals surface area contributed by atoms with E-state index in [1.165, 1.54) is 13.2 Å². The van der Waals surface area contributed by atoms with Crippen LogP contribution in [0.25, 0.3) is 0 Å². The molecule has 1 saturated heterocycles. The molecule has 0 radical (unpaired) electrons. The Morgan fingerprint density at radius 2 is 1.95 bits per heavy atom. The number of carboxylic acids is 1. The maximum absolute atomic E-state index is 12.3. The van der Waals surface area contributed by atoms with E-state index in [9.17, 15) is 14.7 Å². The van der Waals surface area contributed by atoms with Crippen LogP contribution in [0.15, 0.2) is 18.2 Å². The number of amides is 1. The molecule has 0 atom stereocenters. The van der Waals surface area contributed by atoms with Gasteiger partial charge in [0, 0.05) is 13.1 Å². The summed E-state index contributed by atoms with van der Waals surface area (Å²) in [6, 6.07) is 4.74. The van der Waals surface area contributed by atoms with Gasteiger partial charge in [0.05, 0.1) is 18.6 Å². The van der Waals surface area contributed by atoms with Crippen molar-refractivity contribution in [3.63, 3.8) is 0 Å². The minimum Gasteiger partial charge on any atom is -0.504 e. The lowest BCUT2D eigenvalue weighted by Crippen LogP contribution is -2.40. The first kappa shape index (κ1) is 14.2. The van der Waals surface area contributed by atoms with E-state index in [4.69, 9.17) is 9.84 Å². The number of aromatic hydroxyl groups is 1. The van der Waals surface area contributed by atoms with Crippen LogP contribution in [0.2, 0.25) is 0 Å². The van der Waals surface area contributed by atoms with Crippen molar-refractivity contribution in [3.05, 3.63) is 23.8 Å². The molecule has 0 aliphatic carbocycles. The fraction of sp³-hybridized carbons (Fsp3) is 0.429. The van der Waals surface area contributed by atoms with E-state index >= 15 is 0 Å². The Hall–Kier alpha value is -2.24. The molecule has 0 spiro atoms. The summed E-state index contributed by atoms with van der Waals surface area (Å²) >= 11 is 0. The number of hydrogen-bond acceptors (Lipinski definition) is 4. The molecule has 2 N–H and O–H groups in total. The maximum Gasteiger partial charge on any atom is 0.306 e. The highest BCUT2D eigenvalue weighted by atomic mass is 16.5. The quantitative estimate of drug-likeness (QED) is 0.871. The Kier molecular flexibility index (Phi) is 4.12. The number of carbonyl (C=O) groups excluding carboxylic acids is 1. The number of likely N-dealkylation sites (tertiary alicyclic amines) is 1. The second-order valence-corrected chi connectivity index (χ2v) is 4.76. The molecule has 6 nitrogen and oxygen atoms in total. The van der Waals surface area contributed by atoms with Crippen molar-refractivity contribution in [1.29, 1.82) is 0 Å². The number of benzene rings is 1. The summed E-state index contributed by atoms with van der Waals surface area (Å²) in [5.74, 6) is -1.44. The van der Waals surface area contributed by atoms with Gasteiger partial charge in [-0.05, 0) is 25.0 Å². The van der Waals surface area contributed by atoms with Crippen molar-refractivity contribution in [1.82, 2.24) is 4.90 Å². The average Bonchev–Trinajstić information content (AvgIpc) is 2.47. The highest BCUT2D eigenvalue weighted by molar-refractivity contribution is 5.97. The van der Waals surface area contributed by atoms with Gasteiger partial charge in [0.2, 0.25) is 0 Å². The van der Waals surface area contributed by atoms with Gasteiger partial charge < -0.3 is 19.8 Å². The number of phenols is 1. The number of para-hydroxylation sites is 1. The van der Waals surface area contributed by atoms with E-state index in [0.717, 1.165) is 0 Å². The molecule has 1 fully saturated rings. The summed E-state index contributed by atoms with van der Waals surface area (Å²) in [4.78, 5) is 24.8. The SMILES string of the molecule is COc1cccc(C(=O)N2CCC(C(=O)O)CC2)c1O. The lowest BCUT2D eigenvalue weighted by molar-refractivity contribution is -0.143. The van der Waals surface area contributed by atoms with E-state index in [0.29, 0.717) is 25.9 Å². The fourth-order valence-corrected chi connectivity index (χ4v) is 2.36. The lowest BCUT2D eigenvalue weighted by atomic mass is 9.96. The van der Waals surface area contributed by atoms with Gasteiger partial charge in [0.15, 0.2) is 11.5 Å². The molecule has 108 valence electrons. The van der Waals surface area contributed by atoms with Crippen molar-refractivity contribution in [2.45, 2.75) is 12.8 Å². The van der Waals surface area contributed by atoms with Crippen molar-refractivity contribution in [2.24, 2.45) is 5.92 Å². The number of phenolic OH excluding ortho intramolecular Hbond substituents is 1. The van der Waals surface area contributed by atoms with E-state index in [2.05, 4.69) is 0 Å². The number of methoxy groups -OCH3 is 1. The van der Waals surface area contributed by atoms with Crippen LogP contribution in [-0.4, -0.2) is 47.2 Å². The highest BCUT2D eigenvalue weighted by Gasteiger charge is 2.28. The van der Waals surface area contributed by atoms with Gasteiger partial charge in [-0.1, -0.05) is 6.07 Å². The Balaban J connectivity index is 2.11. The minimum atomic E-state index is -0.818. The highest BCUT2D eigenvalue weighted by Crippen LogP contribution is 2.31. The number of hydrogen-bond donors (Lipinski definition) is 2. The number of rotatable bonds is 3. The smallest absolute Gasteiger partial charge is 0.306 e. The third-order valence-electron chi connectivity index (χ3n) is 3.58. The molecule has 20 heavy (non-hydrogen) atoms. The summed E-state index contributed by atoms with van der Waals surface area (Å²) in [6.45, 7) is 0.763. The van der Waals surface area contributed by atoms with Gasteiger partial charge in [0.25, 0.3) is 5.91 Å². The van der Waals surface area contributed by atoms with E-state index in [1.54, 1.807) is 17.0 Å². The number of piperidine rings is 1. The standard InChI is InChI=1S/C14H17NO5/c1-20-11-4-2-3-10(12(11)16)13(17)15-7-5-9(6-8-15)14(18)19/h2-4,9,16H,5-8H2,1H3,(H,18,19). The van der Waals surface area contributed by atoms with Crippen LogP contribution in [0.1, 0.15) is 23.2 Å². The number of aliphatic carboxylic acids is 1. The lowest BCUT2D eigenvalue weighted by Gasteiger charge is -2.30. The van der Waals surface area contributed by atoms with Crippen molar-refractivity contribution < 1.29 is 24.5 Å². The number of ether oxygens (including phenoxy) is 1. The first-order valence-corrected chi connectivity index (χ1v) is 6.42. The molecular weight excluding hydrogens is 262 g/mol. The molecule has 0 unspecified atom stereocenters. The van der Waals surface area contributed by atoms with Crippen LogP contribution in [-0.2, 0) is 4.79 Å². The predicted octanol–water partition coefficient (Wildman–Crippen LogP) is 1.34. The monoisotopic (exact) mass is 279 g/mol. The summed E-state index contributed by atoms with van der Waals surface area (Å²) < 4.78 is 4.97. The van der Waals surface area contributed by atoms with Gasteiger partial charge in [-0.3, -0.25) is 9.59 Å². The fourth-order valence-electron chi connectivity index (χ4n) is 2.36. The largest absolute Gasteiger partial charge is 0.504 e. The topological polar surface area (TPSA) is 87.1 Å². The molecule has 6 heteroatoms. The summed E-state index contributed by atoms with van der Waals surface area (Å²) in [5, 5.41) is 18.9. The molecule has 1 aromatic rings. The van der Waals surface area contributed by atoms with Gasteiger partial charge in [-0.25, -0.2) is 0 Å². The summed E-state index contributed by atoms with van der Waals surface area (Å²) in [6.07, 6.45) is 0.873. The predicted molar refractivity (Wildman–Crippen MR) is 70.9 cm³/mol. The van der Waals surface area contributed by atoms with Crippen molar-refractivity contribution >= 4 is 11.9 Å². The molecule has 0 aromatic heterocycles. The second kappa shape index (κ2) is 5.81. The molecular formula is C14H17NO5. The molecule has 1 aromatic carbocycles.